The van der Waals surface area contributed by atoms with Gasteiger partial charge in [-0.2, -0.15) is 4.68 Å². The molecule has 0 unspecified atom stereocenters. The van der Waals surface area contributed by atoms with Crippen LogP contribution in [0.5, 0.6) is 0 Å². The summed E-state index contributed by atoms with van der Waals surface area (Å²) in [6.45, 7) is 4.82. The molecule has 6 nitrogen and oxygen atoms in total. The molecule has 2 fully saturated rings. The van der Waals surface area contributed by atoms with Gasteiger partial charge >= 0.3 is 0 Å². The Kier molecular flexibility index (Phi) is 2.78. The van der Waals surface area contributed by atoms with E-state index in [1.807, 2.05) is 24.3 Å². The van der Waals surface area contributed by atoms with Gasteiger partial charge in [-0.05, 0) is 37.1 Å². The van der Waals surface area contributed by atoms with Crippen LogP contribution in [0.15, 0.2) is 29.1 Å². The van der Waals surface area contributed by atoms with Crippen LogP contribution in [0.3, 0.4) is 0 Å². The zero-order valence-electron chi connectivity index (χ0n) is 11.2. The van der Waals surface area contributed by atoms with E-state index in [9.17, 15) is 4.79 Å². The first kappa shape index (κ1) is 12.0. The van der Waals surface area contributed by atoms with Gasteiger partial charge in [-0.25, -0.2) is 0 Å². The third kappa shape index (κ3) is 1.92. The minimum Gasteiger partial charge on any atom is -0.316 e. The van der Waals surface area contributed by atoms with E-state index in [2.05, 4.69) is 20.5 Å². The van der Waals surface area contributed by atoms with Crippen molar-refractivity contribution >= 4 is 10.9 Å². The highest BCUT2D eigenvalue weighted by atomic mass is 16.1. The van der Waals surface area contributed by atoms with Gasteiger partial charge in [-0.1, -0.05) is 17.3 Å². The molecule has 6 heteroatoms. The van der Waals surface area contributed by atoms with Crippen LogP contribution in [0.25, 0.3) is 10.9 Å². The Balaban J connectivity index is 1.60. The molecular weight excluding hydrogens is 254 g/mol. The topological polar surface area (TPSA) is 63.1 Å². The van der Waals surface area contributed by atoms with E-state index in [-0.39, 0.29) is 5.56 Å². The van der Waals surface area contributed by atoms with Gasteiger partial charge < -0.3 is 5.32 Å². The molecular formula is C14H17N5O. The van der Waals surface area contributed by atoms with Crippen molar-refractivity contribution in [3.05, 3.63) is 34.6 Å². The fraction of sp³-hybridized carbons (Fsp3) is 0.500. The second kappa shape index (κ2) is 4.64. The van der Waals surface area contributed by atoms with E-state index in [0.717, 1.165) is 38.0 Å². The summed E-state index contributed by atoms with van der Waals surface area (Å²) in [5.74, 6) is 1.44. The number of benzene rings is 1. The molecule has 2 saturated heterocycles. The molecule has 2 aromatic rings. The SMILES string of the molecule is O=c1c2ccccc2nnn1CN1C[C@H]2CNC[C@H]2C1. The molecule has 2 aliphatic heterocycles. The molecule has 2 aliphatic rings. The van der Waals surface area contributed by atoms with Gasteiger partial charge in [-0.3, -0.25) is 9.69 Å². The van der Waals surface area contributed by atoms with E-state index >= 15 is 0 Å². The Morgan fingerprint density at radius 2 is 1.95 bits per heavy atom. The summed E-state index contributed by atoms with van der Waals surface area (Å²) < 4.78 is 1.48. The first-order valence-electron chi connectivity index (χ1n) is 7.07. The highest BCUT2D eigenvalue weighted by molar-refractivity contribution is 5.76. The Labute approximate surface area is 116 Å². The maximum Gasteiger partial charge on any atom is 0.278 e. The molecule has 1 aromatic carbocycles. The molecule has 104 valence electrons. The average Bonchev–Trinajstić information content (AvgIpc) is 3.03. The van der Waals surface area contributed by atoms with Crippen LogP contribution in [0, 0.1) is 11.8 Å². The number of rotatable bonds is 2. The van der Waals surface area contributed by atoms with E-state index in [1.165, 1.54) is 4.68 Å². The monoisotopic (exact) mass is 271 g/mol. The number of nitrogens with one attached hydrogen (secondary N) is 1. The van der Waals surface area contributed by atoms with E-state index < -0.39 is 0 Å². The minimum atomic E-state index is -0.0502. The van der Waals surface area contributed by atoms with Crippen LogP contribution in [0.4, 0.5) is 0 Å². The average molecular weight is 271 g/mol. The van der Waals surface area contributed by atoms with E-state index in [1.54, 1.807) is 0 Å². The smallest absolute Gasteiger partial charge is 0.278 e. The number of hydrogen-bond donors (Lipinski definition) is 1. The first-order valence-corrected chi connectivity index (χ1v) is 7.07. The highest BCUT2D eigenvalue weighted by Gasteiger charge is 2.36. The van der Waals surface area contributed by atoms with Crippen LogP contribution in [-0.2, 0) is 6.67 Å². The van der Waals surface area contributed by atoms with Gasteiger partial charge in [0.25, 0.3) is 5.56 Å². The lowest BCUT2D eigenvalue weighted by Crippen LogP contribution is -2.34. The van der Waals surface area contributed by atoms with Gasteiger partial charge in [0, 0.05) is 13.1 Å². The fourth-order valence-electron chi connectivity index (χ4n) is 3.37. The lowest BCUT2D eigenvalue weighted by molar-refractivity contribution is 0.229. The summed E-state index contributed by atoms with van der Waals surface area (Å²) in [4.78, 5) is 14.7. The van der Waals surface area contributed by atoms with Crippen molar-refractivity contribution < 1.29 is 0 Å². The van der Waals surface area contributed by atoms with Crippen LogP contribution in [-0.4, -0.2) is 46.1 Å². The van der Waals surface area contributed by atoms with Crippen molar-refractivity contribution in [3.8, 4) is 0 Å². The molecule has 0 bridgehead atoms. The quantitative estimate of drug-likeness (QED) is 0.826. The lowest BCUT2D eigenvalue weighted by Gasteiger charge is -2.17. The molecule has 1 aromatic heterocycles. The summed E-state index contributed by atoms with van der Waals surface area (Å²) >= 11 is 0. The summed E-state index contributed by atoms with van der Waals surface area (Å²) in [5, 5.41) is 12.3. The minimum absolute atomic E-state index is 0.0502. The molecule has 0 amide bonds. The van der Waals surface area contributed by atoms with Crippen LogP contribution >= 0.6 is 0 Å². The van der Waals surface area contributed by atoms with Crippen molar-refractivity contribution in [3.63, 3.8) is 0 Å². The fourth-order valence-corrected chi connectivity index (χ4v) is 3.37. The summed E-state index contributed by atoms with van der Waals surface area (Å²) in [7, 11) is 0. The largest absolute Gasteiger partial charge is 0.316 e. The molecule has 0 saturated carbocycles. The summed E-state index contributed by atoms with van der Waals surface area (Å²) in [6, 6.07) is 7.36. The van der Waals surface area contributed by atoms with Crippen LogP contribution in [0.2, 0.25) is 0 Å². The van der Waals surface area contributed by atoms with Gasteiger partial charge in [0.2, 0.25) is 0 Å². The molecule has 1 N–H and O–H groups in total. The molecule has 0 spiro atoms. The predicted octanol–water partition coefficient (Wildman–Crippen LogP) is -0.0998. The van der Waals surface area contributed by atoms with Crippen molar-refractivity contribution in [2.45, 2.75) is 6.67 Å². The van der Waals surface area contributed by atoms with E-state index in [0.29, 0.717) is 17.6 Å². The Hall–Kier alpha value is -1.79. The number of hydrogen-bond acceptors (Lipinski definition) is 5. The molecule has 4 rings (SSSR count). The van der Waals surface area contributed by atoms with Gasteiger partial charge in [0.1, 0.15) is 5.52 Å². The Morgan fingerprint density at radius 1 is 1.20 bits per heavy atom. The Bertz CT molecular complexity index is 685. The van der Waals surface area contributed by atoms with Crippen molar-refractivity contribution in [2.24, 2.45) is 11.8 Å². The first-order chi connectivity index (χ1) is 9.81. The summed E-state index contributed by atoms with van der Waals surface area (Å²) in [5.41, 5.74) is 0.613. The summed E-state index contributed by atoms with van der Waals surface area (Å²) in [6.07, 6.45) is 0. The second-order valence-corrected chi connectivity index (χ2v) is 5.77. The molecule has 2 atom stereocenters. The predicted molar refractivity (Wildman–Crippen MR) is 75.2 cm³/mol. The number of fused-ring (bicyclic) bond motifs is 2. The lowest BCUT2D eigenvalue weighted by atomic mass is 10.0. The standard InChI is InChI=1S/C14H17N5O/c20-14-12-3-1-2-4-13(12)16-17-19(14)9-18-7-10-5-15-6-11(10)8-18/h1-4,10-11,15H,5-9H2/t10-,11+. The zero-order chi connectivity index (χ0) is 13.5. The maximum atomic E-state index is 12.4. The third-order valence-electron chi connectivity index (χ3n) is 4.43. The molecule has 0 aliphatic carbocycles. The molecule has 0 radical (unpaired) electrons. The number of likely N-dealkylation sites (tertiary alicyclic amines) is 1. The van der Waals surface area contributed by atoms with Gasteiger partial charge in [0.05, 0.1) is 12.1 Å². The van der Waals surface area contributed by atoms with Gasteiger partial charge in [0.15, 0.2) is 0 Å². The zero-order valence-corrected chi connectivity index (χ0v) is 11.2. The van der Waals surface area contributed by atoms with Crippen molar-refractivity contribution in [2.75, 3.05) is 26.2 Å². The van der Waals surface area contributed by atoms with E-state index in [4.69, 9.17) is 0 Å². The maximum absolute atomic E-state index is 12.4. The highest BCUT2D eigenvalue weighted by Crippen LogP contribution is 2.26. The van der Waals surface area contributed by atoms with Crippen LogP contribution < -0.4 is 10.9 Å². The van der Waals surface area contributed by atoms with Crippen molar-refractivity contribution in [1.29, 1.82) is 0 Å². The van der Waals surface area contributed by atoms with Crippen LogP contribution in [0.1, 0.15) is 0 Å². The Morgan fingerprint density at radius 3 is 2.75 bits per heavy atom. The normalized spacial score (nSPS) is 26.2. The molecule has 20 heavy (non-hydrogen) atoms. The van der Waals surface area contributed by atoms with Gasteiger partial charge in [-0.15, -0.1) is 5.10 Å². The molecule has 3 heterocycles. The second-order valence-electron chi connectivity index (χ2n) is 5.77. The number of aromatic nitrogens is 3. The van der Waals surface area contributed by atoms with Crippen molar-refractivity contribution in [1.82, 2.24) is 25.2 Å². The number of nitrogens with zero attached hydrogens (tertiary/aromatic N) is 4. The third-order valence-corrected chi connectivity index (χ3v) is 4.43.